The first-order valence-corrected chi connectivity index (χ1v) is 6.15. The van der Waals surface area contributed by atoms with Crippen molar-refractivity contribution >= 4 is 17.4 Å². The van der Waals surface area contributed by atoms with Crippen molar-refractivity contribution < 1.29 is 14.4 Å². The number of nitrogens with zero attached hydrogens (tertiary/aromatic N) is 2. The van der Waals surface area contributed by atoms with Crippen molar-refractivity contribution in [2.45, 2.75) is 19.3 Å². The summed E-state index contributed by atoms with van der Waals surface area (Å²) in [4.78, 5) is 13.8. The SMILES string of the molecule is N/C(=N\O)C1CCCN(c2ccc(F)cc2)C(=O)C1. The average molecular weight is 265 g/mol. The van der Waals surface area contributed by atoms with Crippen LogP contribution in [0, 0.1) is 11.7 Å². The minimum atomic E-state index is -0.333. The number of amidine groups is 1. The summed E-state index contributed by atoms with van der Waals surface area (Å²) < 4.78 is 12.9. The molecule has 1 aliphatic rings. The number of benzene rings is 1. The van der Waals surface area contributed by atoms with E-state index in [4.69, 9.17) is 10.9 Å². The van der Waals surface area contributed by atoms with E-state index in [0.29, 0.717) is 18.7 Å². The van der Waals surface area contributed by atoms with Gasteiger partial charge in [-0.25, -0.2) is 4.39 Å². The second kappa shape index (κ2) is 5.69. The molecule has 102 valence electrons. The summed E-state index contributed by atoms with van der Waals surface area (Å²) >= 11 is 0. The Labute approximate surface area is 110 Å². The summed E-state index contributed by atoms with van der Waals surface area (Å²) in [5, 5.41) is 11.6. The van der Waals surface area contributed by atoms with Crippen LogP contribution in [0.4, 0.5) is 10.1 Å². The van der Waals surface area contributed by atoms with Gasteiger partial charge in [-0.3, -0.25) is 4.79 Å². The average Bonchev–Trinajstić information content (AvgIpc) is 2.61. The van der Waals surface area contributed by atoms with Gasteiger partial charge < -0.3 is 15.8 Å². The zero-order valence-corrected chi connectivity index (χ0v) is 10.4. The fraction of sp³-hybridized carbons (Fsp3) is 0.385. The third-order valence-corrected chi connectivity index (χ3v) is 3.33. The summed E-state index contributed by atoms with van der Waals surface area (Å²) in [6, 6.07) is 5.82. The maximum atomic E-state index is 12.9. The number of anilines is 1. The summed E-state index contributed by atoms with van der Waals surface area (Å²) in [5.41, 5.74) is 6.24. The molecular weight excluding hydrogens is 249 g/mol. The van der Waals surface area contributed by atoms with Crippen molar-refractivity contribution in [2.75, 3.05) is 11.4 Å². The van der Waals surface area contributed by atoms with E-state index in [-0.39, 0.29) is 29.9 Å². The minimum Gasteiger partial charge on any atom is -0.409 e. The Morgan fingerprint density at radius 3 is 2.74 bits per heavy atom. The Morgan fingerprint density at radius 1 is 1.42 bits per heavy atom. The first-order chi connectivity index (χ1) is 9.11. The highest BCUT2D eigenvalue weighted by Gasteiger charge is 2.26. The lowest BCUT2D eigenvalue weighted by molar-refractivity contribution is -0.118. The molecule has 6 heteroatoms. The molecule has 1 aromatic rings. The number of oxime groups is 1. The number of halogens is 1. The van der Waals surface area contributed by atoms with Crippen molar-refractivity contribution in [1.29, 1.82) is 0 Å². The molecular formula is C13H16FN3O2. The first-order valence-electron chi connectivity index (χ1n) is 6.15. The number of carbonyl (C=O) groups excluding carboxylic acids is 1. The van der Waals surface area contributed by atoms with E-state index in [9.17, 15) is 9.18 Å². The van der Waals surface area contributed by atoms with E-state index in [0.717, 1.165) is 6.42 Å². The molecule has 1 heterocycles. The van der Waals surface area contributed by atoms with Crippen LogP contribution in [0.15, 0.2) is 29.4 Å². The smallest absolute Gasteiger partial charge is 0.227 e. The molecule has 0 bridgehead atoms. The molecule has 1 unspecified atom stereocenters. The van der Waals surface area contributed by atoms with Crippen molar-refractivity contribution in [2.24, 2.45) is 16.8 Å². The van der Waals surface area contributed by atoms with Gasteiger partial charge in [0.1, 0.15) is 11.7 Å². The first kappa shape index (κ1) is 13.3. The predicted molar refractivity (Wildman–Crippen MR) is 69.5 cm³/mol. The van der Waals surface area contributed by atoms with Crippen LogP contribution in [0.5, 0.6) is 0 Å². The Bertz CT molecular complexity index is 487. The van der Waals surface area contributed by atoms with Gasteiger partial charge in [0, 0.05) is 24.6 Å². The van der Waals surface area contributed by atoms with Crippen molar-refractivity contribution in [3.63, 3.8) is 0 Å². The van der Waals surface area contributed by atoms with Gasteiger partial charge in [0.2, 0.25) is 5.91 Å². The lowest BCUT2D eigenvalue weighted by Gasteiger charge is -2.20. The maximum Gasteiger partial charge on any atom is 0.227 e. The van der Waals surface area contributed by atoms with Gasteiger partial charge in [-0.05, 0) is 37.1 Å². The molecule has 0 spiro atoms. The second-order valence-electron chi connectivity index (χ2n) is 4.59. The van der Waals surface area contributed by atoms with Gasteiger partial charge in [-0.1, -0.05) is 5.16 Å². The van der Waals surface area contributed by atoms with E-state index in [1.807, 2.05) is 0 Å². The third-order valence-electron chi connectivity index (χ3n) is 3.33. The Morgan fingerprint density at radius 2 is 2.11 bits per heavy atom. The number of carbonyl (C=O) groups is 1. The fourth-order valence-corrected chi connectivity index (χ4v) is 2.27. The van der Waals surface area contributed by atoms with Crippen LogP contribution in [0.3, 0.4) is 0 Å². The van der Waals surface area contributed by atoms with Gasteiger partial charge in [0.15, 0.2) is 0 Å². The Kier molecular flexibility index (Phi) is 3.99. The molecule has 0 aliphatic carbocycles. The van der Waals surface area contributed by atoms with Gasteiger partial charge in [-0.15, -0.1) is 0 Å². The number of nitrogens with two attached hydrogens (primary N) is 1. The van der Waals surface area contributed by atoms with Crippen LogP contribution in [0.1, 0.15) is 19.3 Å². The molecule has 0 saturated carbocycles. The lowest BCUT2D eigenvalue weighted by atomic mass is 9.99. The minimum absolute atomic E-state index is 0.0920. The molecule has 1 saturated heterocycles. The zero-order chi connectivity index (χ0) is 13.8. The lowest BCUT2D eigenvalue weighted by Crippen LogP contribution is -2.32. The van der Waals surface area contributed by atoms with E-state index in [2.05, 4.69) is 5.16 Å². The van der Waals surface area contributed by atoms with Gasteiger partial charge in [0.25, 0.3) is 0 Å². The van der Waals surface area contributed by atoms with Gasteiger partial charge in [0.05, 0.1) is 0 Å². The fourth-order valence-electron chi connectivity index (χ4n) is 2.27. The second-order valence-corrected chi connectivity index (χ2v) is 4.59. The van der Waals surface area contributed by atoms with E-state index < -0.39 is 0 Å². The van der Waals surface area contributed by atoms with Gasteiger partial charge in [-0.2, -0.15) is 0 Å². The summed E-state index contributed by atoms with van der Waals surface area (Å²) in [7, 11) is 0. The molecule has 19 heavy (non-hydrogen) atoms. The van der Waals surface area contributed by atoms with Crippen LogP contribution in [0.2, 0.25) is 0 Å². The molecule has 1 amide bonds. The van der Waals surface area contributed by atoms with Crippen LogP contribution < -0.4 is 10.6 Å². The highest BCUT2D eigenvalue weighted by atomic mass is 19.1. The summed E-state index contributed by atoms with van der Waals surface area (Å²) in [6.45, 7) is 0.555. The number of rotatable bonds is 2. The predicted octanol–water partition coefficient (Wildman–Crippen LogP) is 1.71. The highest BCUT2D eigenvalue weighted by Crippen LogP contribution is 2.24. The molecule has 1 atom stereocenters. The van der Waals surface area contributed by atoms with E-state index in [1.165, 1.54) is 12.1 Å². The molecule has 1 aromatic carbocycles. The number of hydrogen-bond acceptors (Lipinski definition) is 3. The Balaban J connectivity index is 2.16. The van der Waals surface area contributed by atoms with E-state index in [1.54, 1.807) is 17.0 Å². The van der Waals surface area contributed by atoms with Gasteiger partial charge >= 0.3 is 0 Å². The standard InChI is InChI=1S/C13H16FN3O2/c14-10-3-5-11(6-4-10)17-7-1-2-9(8-12(17)18)13(15)16-19/h3-6,9,19H,1-2,7-8H2,(H2,15,16). The quantitative estimate of drug-likeness (QED) is 0.370. The summed E-state index contributed by atoms with van der Waals surface area (Å²) in [6.07, 6.45) is 1.65. The van der Waals surface area contributed by atoms with Crippen LogP contribution in [-0.2, 0) is 4.79 Å². The highest BCUT2D eigenvalue weighted by molar-refractivity contribution is 5.97. The molecule has 5 nitrogen and oxygen atoms in total. The van der Waals surface area contributed by atoms with Crippen molar-refractivity contribution in [3.05, 3.63) is 30.1 Å². The molecule has 0 radical (unpaired) electrons. The molecule has 0 aromatic heterocycles. The third kappa shape index (κ3) is 3.01. The molecule has 2 rings (SSSR count). The van der Waals surface area contributed by atoms with Crippen LogP contribution >= 0.6 is 0 Å². The largest absolute Gasteiger partial charge is 0.409 e. The normalized spacial score (nSPS) is 21.3. The topological polar surface area (TPSA) is 78.9 Å². The monoisotopic (exact) mass is 265 g/mol. The molecule has 1 aliphatic heterocycles. The molecule has 1 fully saturated rings. The number of amides is 1. The Hall–Kier alpha value is -2.11. The van der Waals surface area contributed by atoms with E-state index >= 15 is 0 Å². The van der Waals surface area contributed by atoms with Crippen molar-refractivity contribution in [3.8, 4) is 0 Å². The van der Waals surface area contributed by atoms with Crippen molar-refractivity contribution in [1.82, 2.24) is 0 Å². The zero-order valence-electron chi connectivity index (χ0n) is 10.4. The molecule has 3 N–H and O–H groups in total. The van der Waals surface area contributed by atoms with Crippen LogP contribution in [-0.4, -0.2) is 23.5 Å². The van der Waals surface area contributed by atoms with Crippen LogP contribution in [0.25, 0.3) is 0 Å². The maximum absolute atomic E-state index is 12.9. The summed E-state index contributed by atoms with van der Waals surface area (Å²) in [5.74, 6) is -0.571. The number of hydrogen-bond donors (Lipinski definition) is 2.